The van der Waals surface area contributed by atoms with Crippen LogP contribution in [0.3, 0.4) is 0 Å². The van der Waals surface area contributed by atoms with Crippen molar-refractivity contribution >= 4 is 10.0 Å². The van der Waals surface area contributed by atoms with Gasteiger partial charge in [-0.1, -0.05) is 13.8 Å². The quantitative estimate of drug-likeness (QED) is 0.626. The van der Waals surface area contributed by atoms with E-state index in [1.54, 1.807) is 0 Å². The molecule has 0 radical (unpaired) electrons. The minimum atomic E-state index is -3.19. The number of hydrogen-bond donors (Lipinski definition) is 2. The fourth-order valence-electron chi connectivity index (χ4n) is 1.76. The van der Waals surface area contributed by atoms with Gasteiger partial charge in [0.1, 0.15) is 0 Å². The van der Waals surface area contributed by atoms with Crippen LogP contribution >= 0.6 is 0 Å². The molecule has 17 heavy (non-hydrogen) atoms. The molecule has 0 bridgehead atoms. The first-order valence-corrected chi connectivity index (χ1v) is 7.77. The maximum absolute atomic E-state index is 11.8. The molecule has 0 saturated heterocycles. The van der Waals surface area contributed by atoms with E-state index >= 15 is 0 Å². The Morgan fingerprint density at radius 1 is 1.29 bits per heavy atom. The molecule has 0 aliphatic carbocycles. The Labute approximate surface area is 106 Å². The van der Waals surface area contributed by atoms with Crippen LogP contribution in [-0.4, -0.2) is 52.3 Å². The number of rotatable bonds is 9. The maximum Gasteiger partial charge on any atom is 0.211 e. The molecule has 5 nitrogen and oxygen atoms in total. The second kappa shape index (κ2) is 8.02. The van der Waals surface area contributed by atoms with Gasteiger partial charge in [-0.25, -0.2) is 13.1 Å². The molecule has 0 aliphatic heterocycles. The van der Waals surface area contributed by atoms with Gasteiger partial charge in [-0.15, -0.1) is 0 Å². The van der Waals surface area contributed by atoms with Gasteiger partial charge in [0.15, 0.2) is 0 Å². The number of sulfonamides is 1. The lowest BCUT2D eigenvalue weighted by atomic mass is 10.0. The van der Waals surface area contributed by atoms with Crippen LogP contribution in [0, 0.1) is 5.92 Å². The van der Waals surface area contributed by atoms with Gasteiger partial charge >= 0.3 is 0 Å². The Bertz CT molecular complexity index is 279. The summed E-state index contributed by atoms with van der Waals surface area (Å²) in [7, 11) is 0.701. The summed E-state index contributed by atoms with van der Waals surface area (Å²) >= 11 is 0. The maximum atomic E-state index is 11.8. The van der Waals surface area contributed by atoms with Crippen LogP contribution in [0.2, 0.25) is 0 Å². The Hall–Kier alpha value is -0.170. The zero-order valence-corrected chi connectivity index (χ0v) is 12.3. The van der Waals surface area contributed by atoms with Crippen molar-refractivity contribution in [2.24, 2.45) is 11.7 Å². The topological polar surface area (TPSA) is 75.4 Å². The average molecular weight is 265 g/mol. The third-order valence-electron chi connectivity index (χ3n) is 2.30. The van der Waals surface area contributed by atoms with E-state index < -0.39 is 10.0 Å². The molecule has 1 unspecified atom stereocenters. The van der Waals surface area contributed by atoms with Crippen molar-refractivity contribution < 1.29 is 8.42 Å². The predicted molar refractivity (Wildman–Crippen MR) is 72.4 cm³/mol. The summed E-state index contributed by atoms with van der Waals surface area (Å²) in [6.07, 6.45) is 1.35. The van der Waals surface area contributed by atoms with E-state index in [1.165, 1.54) is 0 Å². The van der Waals surface area contributed by atoms with Crippen LogP contribution in [0.1, 0.15) is 26.7 Å². The molecule has 3 N–H and O–H groups in total. The number of likely N-dealkylation sites (N-methyl/N-ethyl adjacent to an activating group) is 1. The van der Waals surface area contributed by atoms with Gasteiger partial charge in [0, 0.05) is 12.6 Å². The predicted octanol–water partition coefficient (Wildman–Crippen LogP) is 0.231. The number of hydrogen-bond acceptors (Lipinski definition) is 4. The number of nitrogens with two attached hydrogens (primary N) is 1. The molecule has 6 heteroatoms. The Morgan fingerprint density at radius 2 is 1.88 bits per heavy atom. The first-order valence-electron chi connectivity index (χ1n) is 6.11. The van der Waals surface area contributed by atoms with Gasteiger partial charge in [-0.05, 0) is 39.4 Å². The van der Waals surface area contributed by atoms with Crippen LogP contribution in [0.5, 0.6) is 0 Å². The molecule has 0 saturated carbocycles. The largest absolute Gasteiger partial charge is 0.330 e. The molecule has 0 fully saturated rings. The summed E-state index contributed by atoms with van der Waals surface area (Å²) in [6.45, 7) is 5.32. The third-order valence-corrected chi connectivity index (χ3v) is 3.82. The van der Waals surface area contributed by atoms with Crippen molar-refractivity contribution in [2.45, 2.75) is 32.7 Å². The van der Waals surface area contributed by atoms with Crippen LogP contribution in [-0.2, 0) is 10.0 Å². The third kappa shape index (κ3) is 9.52. The Kier molecular flexibility index (Phi) is 7.94. The lowest BCUT2D eigenvalue weighted by molar-refractivity contribution is 0.329. The molecule has 0 aromatic rings. The van der Waals surface area contributed by atoms with E-state index in [1.807, 2.05) is 19.0 Å². The summed E-state index contributed by atoms with van der Waals surface area (Å²) < 4.78 is 26.3. The highest BCUT2D eigenvalue weighted by Crippen LogP contribution is 2.07. The summed E-state index contributed by atoms with van der Waals surface area (Å²) in [4.78, 5) is 2.00. The van der Waals surface area contributed by atoms with Gasteiger partial charge in [-0.2, -0.15) is 0 Å². The summed E-state index contributed by atoms with van der Waals surface area (Å²) in [5, 5.41) is 0. The molecule has 0 amide bonds. The molecule has 0 rings (SSSR count). The molecule has 1 atom stereocenters. The first kappa shape index (κ1) is 16.8. The molecular formula is C11H27N3O2S. The zero-order valence-electron chi connectivity index (χ0n) is 11.4. The molecular weight excluding hydrogens is 238 g/mol. The van der Waals surface area contributed by atoms with Crippen molar-refractivity contribution in [1.29, 1.82) is 0 Å². The van der Waals surface area contributed by atoms with Gasteiger partial charge < -0.3 is 10.6 Å². The van der Waals surface area contributed by atoms with Gasteiger partial charge in [0.05, 0.1) is 5.75 Å². The van der Waals surface area contributed by atoms with Crippen LogP contribution in [0.4, 0.5) is 0 Å². The van der Waals surface area contributed by atoms with Crippen LogP contribution < -0.4 is 10.5 Å². The van der Waals surface area contributed by atoms with E-state index in [0.29, 0.717) is 18.9 Å². The fourth-order valence-corrected chi connectivity index (χ4v) is 3.10. The normalized spacial score (nSPS) is 14.5. The van der Waals surface area contributed by atoms with E-state index in [2.05, 4.69) is 18.6 Å². The summed E-state index contributed by atoms with van der Waals surface area (Å²) in [5.41, 5.74) is 5.33. The van der Waals surface area contributed by atoms with Gasteiger partial charge in [-0.3, -0.25) is 0 Å². The van der Waals surface area contributed by atoms with E-state index in [0.717, 1.165) is 13.0 Å². The second-order valence-corrected chi connectivity index (χ2v) is 7.04. The SMILES string of the molecule is CC(C)CC(CN(C)C)NS(=O)(=O)CCCN. The standard InChI is InChI=1S/C11H27N3O2S/c1-10(2)8-11(9-14(3)4)13-17(15,16)7-5-6-12/h10-11,13H,5-9,12H2,1-4H3. The number of nitrogens with one attached hydrogen (secondary N) is 1. The highest BCUT2D eigenvalue weighted by molar-refractivity contribution is 7.89. The van der Waals surface area contributed by atoms with Crippen molar-refractivity contribution in [3.05, 3.63) is 0 Å². The monoisotopic (exact) mass is 265 g/mol. The van der Waals surface area contributed by atoms with Crippen molar-refractivity contribution in [3.8, 4) is 0 Å². The number of nitrogens with zero attached hydrogens (tertiary/aromatic N) is 1. The van der Waals surface area contributed by atoms with Gasteiger partial charge in [0.25, 0.3) is 0 Å². The van der Waals surface area contributed by atoms with Crippen LogP contribution in [0.25, 0.3) is 0 Å². The molecule has 0 heterocycles. The summed E-state index contributed by atoms with van der Waals surface area (Å²) in [5.74, 6) is 0.586. The highest BCUT2D eigenvalue weighted by Gasteiger charge is 2.19. The Balaban J connectivity index is 4.40. The smallest absolute Gasteiger partial charge is 0.211 e. The molecule has 0 aliphatic rings. The average Bonchev–Trinajstić information content (AvgIpc) is 2.11. The van der Waals surface area contributed by atoms with Gasteiger partial charge in [0.2, 0.25) is 10.0 Å². The zero-order chi connectivity index (χ0) is 13.5. The minimum absolute atomic E-state index is 0.0206. The Morgan fingerprint density at radius 3 is 2.29 bits per heavy atom. The van der Waals surface area contributed by atoms with Crippen molar-refractivity contribution in [2.75, 3.05) is 32.9 Å². The van der Waals surface area contributed by atoms with E-state index in [9.17, 15) is 8.42 Å². The molecule has 0 aromatic carbocycles. The lowest BCUT2D eigenvalue weighted by Crippen LogP contribution is -2.43. The molecule has 104 valence electrons. The van der Waals surface area contributed by atoms with Crippen molar-refractivity contribution in [3.63, 3.8) is 0 Å². The van der Waals surface area contributed by atoms with Crippen molar-refractivity contribution in [1.82, 2.24) is 9.62 Å². The first-order chi connectivity index (χ1) is 7.76. The molecule has 0 spiro atoms. The van der Waals surface area contributed by atoms with E-state index in [4.69, 9.17) is 5.73 Å². The highest BCUT2D eigenvalue weighted by atomic mass is 32.2. The summed E-state index contributed by atoms with van der Waals surface area (Å²) in [6, 6.07) is -0.0206. The van der Waals surface area contributed by atoms with E-state index in [-0.39, 0.29) is 11.8 Å². The second-order valence-electron chi connectivity index (χ2n) is 5.17. The lowest BCUT2D eigenvalue weighted by Gasteiger charge is -2.23. The fraction of sp³-hybridized carbons (Fsp3) is 1.00. The minimum Gasteiger partial charge on any atom is -0.330 e. The van der Waals surface area contributed by atoms with Crippen LogP contribution in [0.15, 0.2) is 0 Å². The molecule has 0 aromatic heterocycles.